The van der Waals surface area contributed by atoms with Crippen molar-refractivity contribution in [2.24, 2.45) is 0 Å². The van der Waals surface area contributed by atoms with Crippen LogP contribution in [0.3, 0.4) is 0 Å². The SMILES string of the molecule is CC(C)(C)c1ccccc1C1CCC(CS(C)(=O)=O)N1C(C)(C)C. The molecule has 1 aliphatic heterocycles. The van der Waals surface area contributed by atoms with E-state index in [1.54, 1.807) is 0 Å². The van der Waals surface area contributed by atoms with Crippen molar-refractivity contribution < 1.29 is 8.42 Å². The van der Waals surface area contributed by atoms with E-state index in [4.69, 9.17) is 0 Å². The van der Waals surface area contributed by atoms with Crippen molar-refractivity contribution in [1.82, 2.24) is 4.90 Å². The topological polar surface area (TPSA) is 37.4 Å². The van der Waals surface area contributed by atoms with Gasteiger partial charge in [-0.2, -0.15) is 0 Å². The van der Waals surface area contributed by atoms with E-state index < -0.39 is 9.84 Å². The summed E-state index contributed by atoms with van der Waals surface area (Å²) in [5.41, 5.74) is 2.73. The number of rotatable bonds is 3. The van der Waals surface area contributed by atoms with E-state index in [9.17, 15) is 8.42 Å². The maximum absolute atomic E-state index is 11.9. The van der Waals surface area contributed by atoms with E-state index >= 15 is 0 Å². The van der Waals surface area contributed by atoms with Crippen LogP contribution in [-0.2, 0) is 15.3 Å². The number of hydrogen-bond donors (Lipinski definition) is 0. The molecular formula is C20H33NO2S. The first-order valence-corrected chi connectivity index (χ1v) is 10.9. The summed E-state index contributed by atoms with van der Waals surface area (Å²) < 4.78 is 23.8. The molecule has 1 aliphatic rings. The van der Waals surface area contributed by atoms with Crippen LogP contribution in [0.25, 0.3) is 0 Å². The van der Waals surface area contributed by atoms with E-state index in [0.717, 1.165) is 12.8 Å². The molecule has 0 bridgehead atoms. The van der Waals surface area contributed by atoms with Gasteiger partial charge >= 0.3 is 0 Å². The van der Waals surface area contributed by atoms with E-state index in [1.165, 1.54) is 17.4 Å². The van der Waals surface area contributed by atoms with Gasteiger partial charge in [0, 0.05) is 23.9 Å². The highest BCUT2D eigenvalue weighted by Gasteiger charge is 2.43. The average molecular weight is 352 g/mol. The van der Waals surface area contributed by atoms with Crippen LogP contribution >= 0.6 is 0 Å². The number of likely N-dealkylation sites (tertiary alicyclic amines) is 1. The minimum Gasteiger partial charge on any atom is -0.288 e. The average Bonchev–Trinajstić information content (AvgIpc) is 2.79. The van der Waals surface area contributed by atoms with Crippen molar-refractivity contribution >= 4 is 9.84 Å². The Hall–Kier alpha value is -0.870. The van der Waals surface area contributed by atoms with Crippen molar-refractivity contribution in [3.05, 3.63) is 35.4 Å². The summed E-state index contributed by atoms with van der Waals surface area (Å²) >= 11 is 0. The summed E-state index contributed by atoms with van der Waals surface area (Å²) in [7, 11) is -2.99. The lowest BCUT2D eigenvalue weighted by atomic mass is 9.81. The first-order chi connectivity index (χ1) is 10.8. The highest BCUT2D eigenvalue weighted by atomic mass is 32.2. The van der Waals surface area contributed by atoms with Crippen molar-refractivity contribution in [2.75, 3.05) is 12.0 Å². The molecule has 0 N–H and O–H groups in total. The fourth-order valence-corrected chi connectivity index (χ4v) is 5.21. The number of benzene rings is 1. The molecule has 3 nitrogen and oxygen atoms in total. The van der Waals surface area contributed by atoms with Crippen LogP contribution in [0.4, 0.5) is 0 Å². The molecular weight excluding hydrogens is 318 g/mol. The van der Waals surface area contributed by atoms with E-state index in [-0.39, 0.29) is 28.8 Å². The molecule has 0 radical (unpaired) electrons. The Morgan fingerprint density at radius 2 is 1.62 bits per heavy atom. The molecule has 1 aromatic carbocycles. The number of nitrogens with zero attached hydrogens (tertiary/aromatic N) is 1. The monoisotopic (exact) mass is 351 g/mol. The zero-order valence-electron chi connectivity index (χ0n) is 16.3. The van der Waals surface area contributed by atoms with Crippen LogP contribution in [0.2, 0.25) is 0 Å². The molecule has 1 saturated heterocycles. The second kappa shape index (κ2) is 6.45. The summed E-state index contributed by atoms with van der Waals surface area (Å²) in [6.07, 6.45) is 3.31. The zero-order chi connectivity index (χ0) is 18.3. The Bertz CT molecular complexity index is 680. The molecule has 2 rings (SSSR count). The summed E-state index contributed by atoms with van der Waals surface area (Å²) in [6.45, 7) is 13.3. The van der Waals surface area contributed by atoms with E-state index in [2.05, 4.69) is 70.7 Å². The van der Waals surface area contributed by atoms with Gasteiger partial charge in [-0.1, -0.05) is 45.0 Å². The highest BCUT2D eigenvalue weighted by Crippen LogP contribution is 2.44. The second-order valence-electron chi connectivity index (χ2n) is 9.25. The lowest BCUT2D eigenvalue weighted by Gasteiger charge is -2.42. The molecule has 0 amide bonds. The predicted octanol–water partition coefficient (Wildman–Crippen LogP) is 4.33. The van der Waals surface area contributed by atoms with Crippen LogP contribution in [-0.4, -0.2) is 36.9 Å². The van der Waals surface area contributed by atoms with Crippen molar-refractivity contribution in [1.29, 1.82) is 0 Å². The standard InChI is InChI=1S/C20H33NO2S/c1-19(2,3)17-11-9-8-10-16(17)18-13-12-15(14-24(7,22)23)21(18)20(4,5)6/h8-11,15,18H,12-14H2,1-7H3. The number of hydrogen-bond acceptors (Lipinski definition) is 3. The predicted molar refractivity (Wildman–Crippen MR) is 102 cm³/mol. The van der Waals surface area contributed by atoms with Crippen LogP contribution in [0.5, 0.6) is 0 Å². The lowest BCUT2D eigenvalue weighted by Crippen LogP contribution is -2.48. The number of sulfone groups is 1. The maximum atomic E-state index is 11.9. The van der Waals surface area contributed by atoms with Gasteiger partial charge in [0.25, 0.3) is 0 Å². The largest absolute Gasteiger partial charge is 0.288 e. The van der Waals surface area contributed by atoms with Gasteiger partial charge in [0.15, 0.2) is 0 Å². The van der Waals surface area contributed by atoms with Crippen molar-refractivity contribution in [3.8, 4) is 0 Å². The minimum absolute atomic E-state index is 0.0679. The third-order valence-electron chi connectivity index (χ3n) is 4.90. The minimum atomic E-state index is -2.99. The molecule has 4 heteroatoms. The van der Waals surface area contributed by atoms with Crippen molar-refractivity contribution in [2.45, 2.75) is 77.4 Å². The first-order valence-electron chi connectivity index (χ1n) is 8.86. The quantitative estimate of drug-likeness (QED) is 0.813. The van der Waals surface area contributed by atoms with Gasteiger partial charge in [-0.25, -0.2) is 8.42 Å². The van der Waals surface area contributed by atoms with Gasteiger partial charge in [-0.3, -0.25) is 4.90 Å². The Morgan fingerprint density at radius 3 is 2.12 bits per heavy atom. The molecule has 0 spiro atoms. The van der Waals surface area contributed by atoms with E-state index in [0.29, 0.717) is 0 Å². The molecule has 2 atom stereocenters. The van der Waals surface area contributed by atoms with Crippen LogP contribution in [0.15, 0.2) is 24.3 Å². The smallest absolute Gasteiger partial charge is 0.148 e. The Morgan fingerprint density at radius 1 is 1.04 bits per heavy atom. The first kappa shape index (κ1) is 19.5. The fraction of sp³-hybridized carbons (Fsp3) is 0.700. The summed E-state index contributed by atoms with van der Waals surface area (Å²) in [4.78, 5) is 2.44. The van der Waals surface area contributed by atoms with Gasteiger partial charge < -0.3 is 0 Å². The van der Waals surface area contributed by atoms with Gasteiger partial charge in [0.05, 0.1) is 5.75 Å². The third-order valence-corrected chi connectivity index (χ3v) is 5.89. The normalized spacial score (nSPS) is 23.6. The van der Waals surface area contributed by atoms with Crippen molar-refractivity contribution in [3.63, 3.8) is 0 Å². The van der Waals surface area contributed by atoms with Gasteiger partial charge in [0.2, 0.25) is 0 Å². The van der Waals surface area contributed by atoms with Gasteiger partial charge in [-0.15, -0.1) is 0 Å². The molecule has 2 unspecified atom stereocenters. The molecule has 24 heavy (non-hydrogen) atoms. The van der Waals surface area contributed by atoms with Crippen LogP contribution < -0.4 is 0 Å². The van der Waals surface area contributed by atoms with Crippen LogP contribution in [0, 0.1) is 0 Å². The highest BCUT2D eigenvalue weighted by molar-refractivity contribution is 7.90. The molecule has 1 fully saturated rings. The summed E-state index contributed by atoms with van der Waals surface area (Å²) in [5, 5.41) is 0. The maximum Gasteiger partial charge on any atom is 0.148 e. The zero-order valence-corrected chi connectivity index (χ0v) is 17.1. The Labute approximate surface area is 148 Å². The molecule has 0 aromatic heterocycles. The molecule has 0 aliphatic carbocycles. The molecule has 136 valence electrons. The molecule has 1 heterocycles. The lowest BCUT2D eigenvalue weighted by molar-refractivity contribution is 0.0836. The molecule has 0 saturated carbocycles. The molecule has 1 aromatic rings. The Kier molecular flexibility index (Phi) is 5.23. The summed E-state index contributed by atoms with van der Waals surface area (Å²) in [6, 6.07) is 9.04. The van der Waals surface area contributed by atoms with E-state index in [1.807, 2.05) is 0 Å². The van der Waals surface area contributed by atoms with Gasteiger partial charge in [0.1, 0.15) is 9.84 Å². The fourth-order valence-electron chi connectivity index (χ4n) is 4.19. The van der Waals surface area contributed by atoms with Gasteiger partial charge in [-0.05, 0) is 50.2 Å². The Balaban J connectivity index is 2.47. The van der Waals surface area contributed by atoms with Crippen LogP contribution in [0.1, 0.15) is 71.6 Å². The third kappa shape index (κ3) is 4.40. The summed E-state index contributed by atoms with van der Waals surface area (Å²) in [5.74, 6) is 0.248. The second-order valence-corrected chi connectivity index (χ2v) is 11.4.